The molecule has 0 fully saturated rings. The van der Waals surface area contributed by atoms with Gasteiger partial charge in [0, 0.05) is 46.0 Å². The van der Waals surface area contributed by atoms with Crippen molar-refractivity contribution in [2.75, 3.05) is 82.6 Å². The van der Waals surface area contributed by atoms with Crippen LogP contribution in [0, 0.1) is 10.4 Å². The molecule has 4 N–H and O–H groups in total. The number of carboxylic acids is 1. The van der Waals surface area contributed by atoms with Gasteiger partial charge in [-0.15, -0.1) is 0 Å². The summed E-state index contributed by atoms with van der Waals surface area (Å²) in [7, 11) is 10.6. The molecule has 22 heteroatoms. The fraction of sp³-hybridized carbons (Fsp3) is 0.842. The van der Waals surface area contributed by atoms with Gasteiger partial charge in [-0.05, 0) is 63.3 Å². The van der Waals surface area contributed by atoms with Crippen LogP contribution in [0.1, 0.15) is 20.8 Å². The quantitative estimate of drug-likeness (QED) is 0.163. The number of hydroxylamine groups is 2. The predicted molar refractivity (Wildman–Crippen MR) is 139 cm³/mol. The number of likely N-dealkylation sites (N-methyl/N-ethyl adjacent to an activating group) is 4. The summed E-state index contributed by atoms with van der Waals surface area (Å²) in [5, 5.41) is 26.9. The number of nitrogens with one attached hydrogen (secondary N) is 2. The molecule has 0 aromatic rings. The Bertz CT molecular complexity index is 643. The summed E-state index contributed by atoms with van der Waals surface area (Å²) in [4.78, 5) is 36.4. The van der Waals surface area contributed by atoms with Gasteiger partial charge >= 0.3 is 39.1 Å². The van der Waals surface area contributed by atoms with E-state index in [0.717, 1.165) is 57.9 Å². The van der Waals surface area contributed by atoms with Crippen molar-refractivity contribution in [2.45, 2.75) is 26.3 Å². The molecule has 0 aromatic carbocycles. The zero-order chi connectivity index (χ0) is 32.3. The minimum atomic E-state index is -6.09. The summed E-state index contributed by atoms with van der Waals surface area (Å²) in [6.07, 6.45) is 0. The van der Waals surface area contributed by atoms with Crippen molar-refractivity contribution in [1.82, 2.24) is 30.6 Å². The van der Waals surface area contributed by atoms with Crippen LogP contribution in [-0.4, -0.2) is 144 Å². The number of hydrogen-bond donors (Lipinski definition) is 2. The number of alkyl halides is 3. The first-order valence-electron chi connectivity index (χ1n) is 10.3. The zero-order valence-corrected chi connectivity index (χ0v) is 27.9. The maximum atomic E-state index is 10.7. The number of amides is 2. The monoisotopic (exact) mass is 724 g/mol. The summed E-state index contributed by atoms with van der Waals surface area (Å²) in [6.45, 7) is 7.88. The van der Waals surface area contributed by atoms with Crippen molar-refractivity contribution in [2.24, 2.45) is 0 Å². The molecular formula is C19H45Co2F3N6O10S. The second kappa shape index (κ2) is 38.8. The molecule has 0 aromatic heterocycles. The molecule has 0 aliphatic carbocycles. The van der Waals surface area contributed by atoms with Gasteiger partial charge in [0.05, 0.1) is 0 Å². The second-order valence-electron chi connectivity index (χ2n) is 7.92. The van der Waals surface area contributed by atoms with E-state index in [4.69, 9.17) is 33.3 Å². The Morgan fingerprint density at radius 1 is 0.659 bits per heavy atom. The molecule has 16 nitrogen and oxygen atoms in total. The maximum absolute atomic E-state index is 10.7. The van der Waals surface area contributed by atoms with Crippen molar-refractivity contribution in [3.8, 4) is 0 Å². The Kier molecular flexibility index (Phi) is 59.9. The first kappa shape index (κ1) is 63.2. The van der Waals surface area contributed by atoms with Crippen molar-refractivity contribution in [1.29, 1.82) is 0 Å². The maximum Gasteiger partial charge on any atom is 2.00 e. The minimum Gasteiger partial charge on any atom is -0.759 e. The molecule has 0 saturated carbocycles. The SMILES string of the molecule is CC(=O)N[O-].CC(=O)N[O-].CC(=O)[O-].CN(C)CCN(C)C.CN(C)CCN(C)C.O.O=S(=O)([O-])C(F)(F)F.[Co+2].[Co+2]. The first-order chi connectivity index (χ1) is 16.8. The Morgan fingerprint density at radius 3 is 0.780 bits per heavy atom. The Balaban J connectivity index is -0.0000000430. The standard InChI is InChI=1S/2C6H16N2.2C2H4NO2.C2H4O2.CHF3O3S.2Co.H2O/c2*1-7(2)5-6-8(3)4;2*1-2(4)3-5;1-2(3)4;2-1(3,4)8(5,6)7;;;/h2*5-6H2,1-4H3;2*1H3,(H-,3,4,5);1H3,(H,3,4);(H,5,6,7);;;1H2/q;;2*-1;;;2*+2;/p-2. The van der Waals surface area contributed by atoms with Crippen LogP contribution in [0.5, 0.6) is 0 Å². The van der Waals surface area contributed by atoms with Crippen LogP contribution >= 0.6 is 0 Å². The van der Waals surface area contributed by atoms with Gasteiger partial charge < -0.3 is 60.9 Å². The summed E-state index contributed by atoms with van der Waals surface area (Å²) in [6, 6.07) is 0. The summed E-state index contributed by atoms with van der Waals surface area (Å²) in [5.74, 6) is -2.19. The van der Waals surface area contributed by atoms with E-state index in [1.807, 2.05) is 0 Å². The van der Waals surface area contributed by atoms with Crippen LogP contribution in [0.4, 0.5) is 13.2 Å². The molecule has 0 aliphatic heterocycles. The molecular weight excluding hydrogens is 679 g/mol. The number of carbonyl (C=O) groups is 3. The van der Waals surface area contributed by atoms with Crippen molar-refractivity contribution in [3.05, 3.63) is 10.4 Å². The van der Waals surface area contributed by atoms with E-state index in [0.29, 0.717) is 0 Å². The fourth-order valence-electron chi connectivity index (χ4n) is 0.800. The molecule has 256 valence electrons. The number of carboxylic acid groups (broad SMARTS) is 1. The average molecular weight is 725 g/mol. The number of carbonyl (C=O) groups excluding carboxylic acids is 3. The van der Waals surface area contributed by atoms with Crippen molar-refractivity contribution in [3.63, 3.8) is 0 Å². The van der Waals surface area contributed by atoms with Gasteiger partial charge in [-0.3, -0.25) is 9.59 Å². The molecule has 0 heterocycles. The van der Waals surface area contributed by atoms with E-state index < -0.39 is 33.4 Å². The van der Waals surface area contributed by atoms with Crippen LogP contribution in [0.25, 0.3) is 0 Å². The van der Waals surface area contributed by atoms with Gasteiger partial charge in [-0.1, -0.05) is 0 Å². The summed E-state index contributed by atoms with van der Waals surface area (Å²) < 4.78 is 58.9. The molecule has 0 atom stereocenters. The van der Waals surface area contributed by atoms with Crippen molar-refractivity contribution < 1.29 is 84.7 Å². The minimum absolute atomic E-state index is 0. The van der Waals surface area contributed by atoms with Gasteiger partial charge in [0.1, 0.15) is 0 Å². The number of halogens is 3. The first-order valence-corrected chi connectivity index (χ1v) is 11.7. The Morgan fingerprint density at radius 2 is 0.756 bits per heavy atom. The molecule has 41 heavy (non-hydrogen) atoms. The number of nitrogens with zero attached hydrogens (tertiary/aromatic N) is 4. The zero-order valence-electron chi connectivity index (χ0n) is 25.0. The molecule has 2 radical (unpaired) electrons. The topological polar surface area (TPSA) is 246 Å². The van der Waals surface area contributed by atoms with Gasteiger partial charge in [0.15, 0.2) is 10.1 Å². The van der Waals surface area contributed by atoms with Crippen LogP contribution in [0.3, 0.4) is 0 Å². The van der Waals surface area contributed by atoms with E-state index in [1.54, 1.807) is 0 Å². The smallest absolute Gasteiger partial charge is 0.759 e. The molecule has 0 saturated heterocycles. The van der Waals surface area contributed by atoms with Crippen LogP contribution < -0.4 is 16.1 Å². The van der Waals surface area contributed by atoms with Crippen molar-refractivity contribution >= 4 is 27.9 Å². The number of hydrogen-bond acceptors (Lipinski definition) is 13. The fourth-order valence-corrected chi connectivity index (χ4v) is 0.800. The van der Waals surface area contributed by atoms with Gasteiger partial charge in [-0.25, -0.2) is 8.42 Å². The van der Waals surface area contributed by atoms with Gasteiger partial charge in [0.25, 0.3) is 0 Å². The van der Waals surface area contributed by atoms with E-state index >= 15 is 0 Å². The van der Waals surface area contributed by atoms with Crippen LogP contribution in [-0.2, 0) is 58.1 Å². The summed E-state index contributed by atoms with van der Waals surface area (Å²) >= 11 is 0. The third-order valence-corrected chi connectivity index (χ3v) is 3.13. The van der Waals surface area contributed by atoms with Crippen LogP contribution in [0.15, 0.2) is 0 Å². The van der Waals surface area contributed by atoms with E-state index in [9.17, 15) is 22.8 Å². The van der Waals surface area contributed by atoms with Crippen LogP contribution in [0.2, 0.25) is 0 Å². The third-order valence-electron chi connectivity index (χ3n) is 2.56. The Labute approximate surface area is 261 Å². The predicted octanol–water partition coefficient (Wildman–Crippen LogP) is -2.56. The summed E-state index contributed by atoms with van der Waals surface area (Å²) in [5.41, 5.74) is -3.37. The molecule has 0 bridgehead atoms. The number of aliphatic carboxylic acids is 1. The molecule has 0 rings (SSSR count). The second-order valence-corrected chi connectivity index (χ2v) is 9.29. The molecule has 0 spiro atoms. The largest absolute Gasteiger partial charge is 2.00 e. The van der Waals surface area contributed by atoms with E-state index in [1.165, 1.54) is 0 Å². The van der Waals surface area contributed by atoms with E-state index in [2.05, 4.69) is 76.0 Å². The molecule has 0 unspecified atom stereocenters. The number of rotatable bonds is 6. The molecule has 0 aliphatic rings. The normalized spacial score (nSPS) is 9.39. The van der Waals surface area contributed by atoms with E-state index in [-0.39, 0.29) is 39.0 Å². The van der Waals surface area contributed by atoms with Gasteiger partial charge in [-0.2, -0.15) is 13.2 Å². The average Bonchev–Trinajstić information content (AvgIpc) is 2.70. The Hall–Kier alpha value is -1.16. The molecule has 2 amide bonds. The van der Waals surface area contributed by atoms with Gasteiger partial charge in [0.2, 0.25) is 11.8 Å². The third kappa shape index (κ3) is 111.